The summed E-state index contributed by atoms with van der Waals surface area (Å²) < 4.78 is 14.7. The lowest BCUT2D eigenvalue weighted by Gasteiger charge is -2.14. The second kappa shape index (κ2) is 7.33. The minimum absolute atomic E-state index is 0.268. The normalized spacial score (nSPS) is 11.6. The summed E-state index contributed by atoms with van der Waals surface area (Å²) in [6.45, 7) is 8.47. The van der Waals surface area contributed by atoms with Gasteiger partial charge in [-0.25, -0.2) is 9.59 Å². The van der Waals surface area contributed by atoms with Gasteiger partial charge in [0.25, 0.3) is 0 Å². The van der Waals surface area contributed by atoms with E-state index in [0.717, 1.165) is 5.56 Å². The zero-order valence-corrected chi connectivity index (χ0v) is 11.8. The lowest BCUT2D eigenvalue weighted by atomic mass is 10.2. The average molecular weight is 278 g/mol. The molecule has 1 aromatic carbocycles. The van der Waals surface area contributed by atoms with E-state index in [2.05, 4.69) is 6.58 Å². The predicted molar refractivity (Wildman–Crippen MR) is 74.3 cm³/mol. The highest BCUT2D eigenvalue weighted by atomic mass is 16.7. The van der Waals surface area contributed by atoms with Gasteiger partial charge in [-0.3, -0.25) is 0 Å². The number of carbonyl (C=O) groups excluding carboxylic acids is 2. The summed E-state index contributed by atoms with van der Waals surface area (Å²) in [7, 11) is 0. The highest BCUT2D eigenvalue weighted by Crippen LogP contribution is 2.14. The third-order valence-electron chi connectivity index (χ3n) is 2.27. The summed E-state index contributed by atoms with van der Waals surface area (Å²) in [5, 5.41) is 0. The molecule has 0 amide bonds. The summed E-state index contributed by atoms with van der Waals surface area (Å²) in [5.41, 5.74) is 0.902. The van der Waals surface area contributed by atoms with Gasteiger partial charge < -0.3 is 14.2 Å². The summed E-state index contributed by atoms with van der Waals surface area (Å²) in [4.78, 5) is 23.0. The van der Waals surface area contributed by atoms with Crippen molar-refractivity contribution in [1.29, 1.82) is 0 Å². The number of esters is 1. The Kier molecular flexibility index (Phi) is 5.77. The lowest BCUT2D eigenvalue weighted by molar-refractivity contribution is -0.157. The molecule has 1 aromatic rings. The molecule has 0 aliphatic heterocycles. The van der Waals surface area contributed by atoms with Crippen molar-refractivity contribution in [3.8, 4) is 5.75 Å². The highest BCUT2D eigenvalue weighted by molar-refractivity contribution is 5.77. The molecular weight excluding hydrogens is 260 g/mol. The van der Waals surface area contributed by atoms with Gasteiger partial charge in [0.15, 0.2) is 6.10 Å². The molecule has 0 aliphatic rings. The van der Waals surface area contributed by atoms with Gasteiger partial charge in [-0.2, -0.15) is 0 Å². The number of hydrogen-bond acceptors (Lipinski definition) is 5. The standard InChI is InChI=1S/C15H18O5/c1-5-12-6-8-13(9-7-12)20-15(17)19-11(4)14(16)18-10(2)3/h5-11H,1H2,2-4H3. The van der Waals surface area contributed by atoms with Crippen LogP contribution >= 0.6 is 0 Å². The van der Waals surface area contributed by atoms with Crippen LogP contribution in [0.2, 0.25) is 0 Å². The van der Waals surface area contributed by atoms with E-state index in [9.17, 15) is 9.59 Å². The van der Waals surface area contributed by atoms with Gasteiger partial charge in [0, 0.05) is 0 Å². The van der Waals surface area contributed by atoms with Crippen LogP contribution in [-0.4, -0.2) is 24.3 Å². The fourth-order valence-electron chi connectivity index (χ4n) is 1.31. The van der Waals surface area contributed by atoms with Crippen molar-refractivity contribution >= 4 is 18.2 Å². The summed E-state index contributed by atoms with van der Waals surface area (Å²) >= 11 is 0. The number of carbonyl (C=O) groups is 2. The van der Waals surface area contributed by atoms with Gasteiger partial charge in [0.2, 0.25) is 0 Å². The number of benzene rings is 1. The molecular formula is C15H18O5. The lowest BCUT2D eigenvalue weighted by Crippen LogP contribution is -2.29. The van der Waals surface area contributed by atoms with Gasteiger partial charge in [0.05, 0.1) is 6.10 Å². The molecule has 1 rings (SSSR count). The SMILES string of the molecule is C=Cc1ccc(OC(=O)OC(C)C(=O)OC(C)C)cc1. The van der Waals surface area contributed by atoms with E-state index in [1.165, 1.54) is 6.92 Å². The van der Waals surface area contributed by atoms with Crippen molar-refractivity contribution < 1.29 is 23.8 Å². The molecule has 0 N–H and O–H groups in total. The van der Waals surface area contributed by atoms with Crippen molar-refractivity contribution in [1.82, 2.24) is 0 Å². The van der Waals surface area contributed by atoms with Crippen LogP contribution in [0.5, 0.6) is 5.75 Å². The molecule has 0 radical (unpaired) electrons. The largest absolute Gasteiger partial charge is 0.514 e. The van der Waals surface area contributed by atoms with E-state index in [-0.39, 0.29) is 6.10 Å². The smallest absolute Gasteiger partial charge is 0.460 e. The zero-order chi connectivity index (χ0) is 15.1. The van der Waals surface area contributed by atoms with Crippen LogP contribution in [0.3, 0.4) is 0 Å². The van der Waals surface area contributed by atoms with E-state index in [1.54, 1.807) is 44.2 Å². The minimum atomic E-state index is -1.02. The monoisotopic (exact) mass is 278 g/mol. The molecule has 0 spiro atoms. The molecule has 0 aromatic heterocycles. The number of ether oxygens (including phenoxy) is 3. The Morgan fingerprint density at radius 3 is 2.20 bits per heavy atom. The number of hydrogen-bond donors (Lipinski definition) is 0. The van der Waals surface area contributed by atoms with Crippen LogP contribution in [0, 0.1) is 0 Å². The van der Waals surface area contributed by atoms with Gasteiger partial charge in [-0.1, -0.05) is 24.8 Å². The summed E-state index contributed by atoms with van der Waals surface area (Å²) in [6, 6.07) is 6.70. The van der Waals surface area contributed by atoms with Gasteiger partial charge in [-0.05, 0) is 38.5 Å². The maximum absolute atomic E-state index is 11.5. The maximum Gasteiger partial charge on any atom is 0.514 e. The Morgan fingerprint density at radius 1 is 1.10 bits per heavy atom. The molecule has 0 saturated heterocycles. The highest BCUT2D eigenvalue weighted by Gasteiger charge is 2.21. The minimum Gasteiger partial charge on any atom is -0.460 e. The summed E-state index contributed by atoms with van der Waals surface area (Å²) in [5.74, 6) is -0.288. The second-order valence-corrected chi connectivity index (χ2v) is 4.37. The van der Waals surface area contributed by atoms with Gasteiger partial charge in [-0.15, -0.1) is 0 Å². The molecule has 0 aliphatic carbocycles. The Labute approximate surface area is 118 Å². The van der Waals surface area contributed by atoms with E-state index < -0.39 is 18.2 Å². The molecule has 0 heterocycles. The first-order valence-electron chi connectivity index (χ1n) is 6.24. The first-order chi connectivity index (χ1) is 9.42. The van der Waals surface area contributed by atoms with E-state index in [4.69, 9.17) is 14.2 Å². The molecule has 5 nitrogen and oxygen atoms in total. The number of rotatable bonds is 5. The topological polar surface area (TPSA) is 61.8 Å². The van der Waals surface area contributed by atoms with Gasteiger partial charge in [0.1, 0.15) is 5.75 Å². The maximum atomic E-state index is 11.5. The first kappa shape index (κ1) is 15.8. The van der Waals surface area contributed by atoms with E-state index in [1.807, 2.05) is 0 Å². The van der Waals surface area contributed by atoms with E-state index in [0.29, 0.717) is 5.75 Å². The zero-order valence-electron chi connectivity index (χ0n) is 11.8. The van der Waals surface area contributed by atoms with Crippen molar-refractivity contribution in [3.05, 3.63) is 36.4 Å². The van der Waals surface area contributed by atoms with Crippen LogP contribution in [0.4, 0.5) is 4.79 Å². The molecule has 0 saturated carbocycles. The third-order valence-corrected chi connectivity index (χ3v) is 2.27. The van der Waals surface area contributed by atoms with Crippen LogP contribution in [0.15, 0.2) is 30.8 Å². The fraction of sp³-hybridized carbons (Fsp3) is 0.333. The first-order valence-corrected chi connectivity index (χ1v) is 6.24. The van der Waals surface area contributed by atoms with Crippen molar-refractivity contribution in [2.24, 2.45) is 0 Å². The summed E-state index contributed by atoms with van der Waals surface area (Å²) in [6.07, 6.45) is -0.565. The van der Waals surface area contributed by atoms with Crippen LogP contribution in [-0.2, 0) is 14.3 Å². The van der Waals surface area contributed by atoms with Crippen LogP contribution in [0.25, 0.3) is 6.08 Å². The molecule has 0 bridgehead atoms. The predicted octanol–water partition coefficient (Wildman–Crippen LogP) is 3.19. The second-order valence-electron chi connectivity index (χ2n) is 4.37. The average Bonchev–Trinajstić information content (AvgIpc) is 2.38. The van der Waals surface area contributed by atoms with Gasteiger partial charge >= 0.3 is 12.1 Å². The third kappa shape index (κ3) is 5.14. The Hall–Kier alpha value is -2.30. The molecule has 1 atom stereocenters. The van der Waals surface area contributed by atoms with Crippen LogP contribution < -0.4 is 4.74 Å². The van der Waals surface area contributed by atoms with Crippen molar-refractivity contribution in [3.63, 3.8) is 0 Å². The molecule has 5 heteroatoms. The Morgan fingerprint density at radius 2 is 1.70 bits per heavy atom. The Bertz CT molecular complexity index is 476. The quantitative estimate of drug-likeness (QED) is 0.611. The Balaban J connectivity index is 2.50. The molecule has 0 fully saturated rings. The van der Waals surface area contributed by atoms with Crippen LogP contribution in [0.1, 0.15) is 26.3 Å². The van der Waals surface area contributed by atoms with Crippen molar-refractivity contribution in [2.75, 3.05) is 0 Å². The molecule has 20 heavy (non-hydrogen) atoms. The van der Waals surface area contributed by atoms with Crippen molar-refractivity contribution in [2.45, 2.75) is 33.0 Å². The molecule has 108 valence electrons. The molecule has 1 unspecified atom stereocenters. The van der Waals surface area contributed by atoms with E-state index >= 15 is 0 Å². The fourth-order valence-corrected chi connectivity index (χ4v) is 1.31.